The molecule has 0 spiro atoms. The van der Waals surface area contributed by atoms with Gasteiger partial charge in [-0.2, -0.15) is 0 Å². The number of nitrogens with one attached hydrogen (secondary N) is 3. The highest BCUT2D eigenvalue weighted by Crippen LogP contribution is 2.16. The Labute approximate surface area is 197 Å². The highest BCUT2D eigenvalue weighted by Gasteiger charge is 2.13. The third-order valence-corrected chi connectivity index (χ3v) is 6.25. The number of anilines is 1. The molecular formula is C23H20ClN3O3S2. The molecule has 164 valence electrons. The molecule has 0 saturated carbocycles. The van der Waals surface area contributed by atoms with E-state index in [-0.39, 0.29) is 16.6 Å². The van der Waals surface area contributed by atoms with Gasteiger partial charge in [0.25, 0.3) is 0 Å². The number of halogens is 1. The molecule has 0 bridgehead atoms. The van der Waals surface area contributed by atoms with E-state index >= 15 is 0 Å². The summed E-state index contributed by atoms with van der Waals surface area (Å²) in [5, 5.41) is 5.98. The van der Waals surface area contributed by atoms with Gasteiger partial charge in [-0.15, -0.1) is 0 Å². The third-order valence-electron chi connectivity index (χ3n) is 4.29. The van der Waals surface area contributed by atoms with Crippen molar-refractivity contribution in [2.45, 2.75) is 11.4 Å². The predicted molar refractivity (Wildman–Crippen MR) is 132 cm³/mol. The lowest BCUT2D eigenvalue weighted by atomic mass is 10.2. The quantitative estimate of drug-likeness (QED) is 0.342. The maximum Gasteiger partial charge on any atom is 0.250 e. The molecule has 0 heterocycles. The second kappa shape index (κ2) is 11.0. The van der Waals surface area contributed by atoms with Crippen molar-refractivity contribution in [2.75, 3.05) is 5.32 Å². The topological polar surface area (TPSA) is 87.3 Å². The first-order chi connectivity index (χ1) is 15.3. The summed E-state index contributed by atoms with van der Waals surface area (Å²) < 4.78 is 27.5. The van der Waals surface area contributed by atoms with E-state index in [0.29, 0.717) is 16.3 Å². The standard InChI is InChI=1S/C23H20ClN3O3S2/c24-21-9-5-4-8-18(21)10-15-22(28)27-23(31)26-19-11-13-20(14-12-19)32(29,30)25-16-17-6-2-1-3-7-17/h1-15,25H,16H2,(H2,26,27,28,31). The summed E-state index contributed by atoms with van der Waals surface area (Å²) in [6, 6.07) is 22.4. The maximum absolute atomic E-state index is 12.5. The molecule has 0 aliphatic carbocycles. The Morgan fingerprint density at radius 2 is 1.59 bits per heavy atom. The van der Waals surface area contributed by atoms with E-state index in [4.69, 9.17) is 23.8 Å². The smallest absolute Gasteiger partial charge is 0.250 e. The Balaban J connectivity index is 1.53. The highest BCUT2D eigenvalue weighted by atomic mass is 35.5. The minimum absolute atomic E-state index is 0.0802. The molecule has 3 aromatic rings. The third kappa shape index (κ3) is 7.00. The van der Waals surface area contributed by atoms with Crippen molar-refractivity contribution in [3.05, 3.63) is 101 Å². The summed E-state index contributed by atoms with van der Waals surface area (Å²) in [7, 11) is -3.66. The van der Waals surface area contributed by atoms with Crippen molar-refractivity contribution < 1.29 is 13.2 Å². The molecule has 9 heteroatoms. The van der Waals surface area contributed by atoms with Crippen molar-refractivity contribution in [3.8, 4) is 0 Å². The Bertz CT molecular complexity index is 1230. The van der Waals surface area contributed by atoms with Gasteiger partial charge in [-0.3, -0.25) is 10.1 Å². The van der Waals surface area contributed by atoms with Gasteiger partial charge in [0.05, 0.1) is 4.90 Å². The molecule has 0 radical (unpaired) electrons. The number of hydrogen-bond donors (Lipinski definition) is 3. The van der Waals surface area contributed by atoms with Crippen LogP contribution in [0.25, 0.3) is 6.08 Å². The Hall–Kier alpha value is -3.04. The summed E-state index contributed by atoms with van der Waals surface area (Å²) in [6.07, 6.45) is 2.91. The molecule has 32 heavy (non-hydrogen) atoms. The molecule has 3 N–H and O–H groups in total. The van der Waals surface area contributed by atoms with Gasteiger partial charge in [0, 0.05) is 23.3 Å². The first kappa shape index (κ1) is 23.6. The van der Waals surface area contributed by atoms with E-state index in [1.54, 1.807) is 36.4 Å². The van der Waals surface area contributed by atoms with Crippen LogP contribution in [0.1, 0.15) is 11.1 Å². The minimum Gasteiger partial charge on any atom is -0.332 e. The lowest BCUT2D eigenvalue weighted by molar-refractivity contribution is -0.115. The van der Waals surface area contributed by atoms with Crippen molar-refractivity contribution >= 4 is 56.6 Å². The summed E-state index contributed by atoms with van der Waals surface area (Å²) in [5.74, 6) is -0.424. The lowest BCUT2D eigenvalue weighted by Crippen LogP contribution is -2.32. The van der Waals surface area contributed by atoms with Crippen LogP contribution >= 0.6 is 23.8 Å². The maximum atomic E-state index is 12.5. The van der Waals surface area contributed by atoms with Crippen molar-refractivity contribution in [1.29, 1.82) is 0 Å². The van der Waals surface area contributed by atoms with Gasteiger partial charge in [-0.1, -0.05) is 60.1 Å². The van der Waals surface area contributed by atoms with E-state index in [2.05, 4.69) is 15.4 Å². The number of thiocarbonyl (C=S) groups is 1. The number of sulfonamides is 1. The molecule has 0 aliphatic heterocycles. The molecule has 0 saturated heterocycles. The van der Waals surface area contributed by atoms with E-state index in [0.717, 1.165) is 5.56 Å². The molecule has 0 aliphatic rings. The van der Waals surface area contributed by atoms with E-state index in [9.17, 15) is 13.2 Å². The summed E-state index contributed by atoms with van der Waals surface area (Å²) in [6.45, 7) is 0.195. The molecule has 0 aromatic heterocycles. The summed E-state index contributed by atoms with van der Waals surface area (Å²) in [4.78, 5) is 12.2. The van der Waals surface area contributed by atoms with Crippen molar-refractivity contribution in [3.63, 3.8) is 0 Å². The van der Waals surface area contributed by atoms with Crippen LogP contribution in [0.4, 0.5) is 5.69 Å². The van der Waals surface area contributed by atoms with E-state index in [1.165, 1.54) is 18.2 Å². The molecule has 3 aromatic carbocycles. The summed E-state index contributed by atoms with van der Waals surface area (Å²) in [5.41, 5.74) is 2.10. The number of benzene rings is 3. The molecule has 3 rings (SSSR count). The van der Waals surface area contributed by atoms with Gasteiger partial charge in [0.15, 0.2) is 5.11 Å². The average Bonchev–Trinajstić information content (AvgIpc) is 2.78. The fourth-order valence-electron chi connectivity index (χ4n) is 2.67. The zero-order valence-corrected chi connectivity index (χ0v) is 19.2. The molecule has 0 unspecified atom stereocenters. The predicted octanol–water partition coefficient (Wildman–Crippen LogP) is 4.34. The monoisotopic (exact) mass is 485 g/mol. The highest BCUT2D eigenvalue weighted by molar-refractivity contribution is 7.89. The number of rotatable bonds is 7. The average molecular weight is 486 g/mol. The van der Waals surface area contributed by atoms with Crippen LogP contribution in [0.3, 0.4) is 0 Å². The Kier molecular flexibility index (Phi) is 8.13. The van der Waals surface area contributed by atoms with Crippen LogP contribution in [0.5, 0.6) is 0 Å². The van der Waals surface area contributed by atoms with Gasteiger partial charge in [0.1, 0.15) is 0 Å². The van der Waals surface area contributed by atoms with Crippen LogP contribution < -0.4 is 15.4 Å². The fourth-order valence-corrected chi connectivity index (χ4v) is 4.10. The molecule has 0 atom stereocenters. The minimum atomic E-state index is -3.66. The second-order valence-corrected chi connectivity index (χ2v) is 9.22. The molecule has 1 amide bonds. The Morgan fingerprint density at radius 1 is 0.938 bits per heavy atom. The van der Waals surface area contributed by atoms with Gasteiger partial charge >= 0.3 is 0 Å². The first-order valence-corrected chi connectivity index (χ1v) is 11.8. The normalized spacial score (nSPS) is 11.3. The Morgan fingerprint density at radius 3 is 2.28 bits per heavy atom. The first-order valence-electron chi connectivity index (χ1n) is 9.52. The van der Waals surface area contributed by atoms with Crippen molar-refractivity contribution in [2.24, 2.45) is 0 Å². The molecular weight excluding hydrogens is 466 g/mol. The molecule has 6 nitrogen and oxygen atoms in total. The number of amides is 1. The second-order valence-electron chi connectivity index (χ2n) is 6.63. The zero-order chi connectivity index (χ0) is 23.0. The largest absolute Gasteiger partial charge is 0.332 e. The number of hydrogen-bond acceptors (Lipinski definition) is 4. The van der Waals surface area contributed by atoms with Gasteiger partial charge in [-0.25, -0.2) is 13.1 Å². The van der Waals surface area contributed by atoms with Crippen molar-refractivity contribution in [1.82, 2.24) is 10.0 Å². The fraction of sp³-hybridized carbons (Fsp3) is 0.0435. The SMILES string of the molecule is O=C(C=Cc1ccccc1Cl)NC(=S)Nc1ccc(S(=O)(=O)NCc2ccccc2)cc1. The van der Waals surface area contributed by atoms with Crippen LogP contribution in [-0.4, -0.2) is 19.4 Å². The summed E-state index contributed by atoms with van der Waals surface area (Å²) >= 11 is 11.2. The van der Waals surface area contributed by atoms with Crippen LogP contribution in [0, 0.1) is 0 Å². The van der Waals surface area contributed by atoms with E-state index in [1.807, 2.05) is 36.4 Å². The van der Waals surface area contributed by atoms with Crippen LogP contribution in [0.15, 0.2) is 89.8 Å². The van der Waals surface area contributed by atoms with Gasteiger partial charge < -0.3 is 5.32 Å². The molecule has 0 fully saturated rings. The van der Waals surface area contributed by atoms with Crippen LogP contribution in [0.2, 0.25) is 5.02 Å². The number of carbonyl (C=O) groups excluding carboxylic acids is 1. The van der Waals surface area contributed by atoms with Gasteiger partial charge in [0.2, 0.25) is 15.9 Å². The van der Waals surface area contributed by atoms with E-state index < -0.39 is 15.9 Å². The van der Waals surface area contributed by atoms with Gasteiger partial charge in [-0.05, 0) is 59.8 Å². The zero-order valence-electron chi connectivity index (χ0n) is 16.8. The number of carbonyl (C=O) groups is 1. The van der Waals surface area contributed by atoms with Crippen LogP contribution in [-0.2, 0) is 21.4 Å². The lowest BCUT2D eigenvalue weighted by Gasteiger charge is -2.10.